The molecule has 0 aliphatic carbocycles. The van der Waals surface area contributed by atoms with E-state index in [1.54, 1.807) is 67.6 Å². The summed E-state index contributed by atoms with van der Waals surface area (Å²) in [4.78, 5) is 28.8. The standard InChI is InChI=1S/C35H38ClN3O5S/c1-25-14-20-32(21-15-25)45(42,43)39(29-16-18-31(19-17-29)44-30-12-7-6-8-13-30)24-33(40)38(23-27-10-9-11-28(36)22-27)26(2)34(41)37-35(3,4)5/h6-22,26H,23-24H2,1-5H3,(H,37,41)/t26-/m0/s1. The van der Waals surface area contributed by atoms with Gasteiger partial charge in [0, 0.05) is 17.1 Å². The maximum Gasteiger partial charge on any atom is 0.264 e. The number of carbonyl (C=O) groups is 2. The molecule has 8 nitrogen and oxygen atoms in total. The van der Waals surface area contributed by atoms with Crippen molar-refractivity contribution in [3.05, 3.63) is 119 Å². The predicted molar refractivity (Wildman–Crippen MR) is 178 cm³/mol. The van der Waals surface area contributed by atoms with E-state index in [0.717, 1.165) is 9.87 Å². The molecule has 0 saturated carbocycles. The second-order valence-electron chi connectivity index (χ2n) is 11.8. The average molecular weight is 648 g/mol. The molecule has 236 valence electrons. The first-order valence-corrected chi connectivity index (χ1v) is 16.3. The second-order valence-corrected chi connectivity index (χ2v) is 14.1. The van der Waals surface area contributed by atoms with Crippen LogP contribution < -0.4 is 14.4 Å². The van der Waals surface area contributed by atoms with Gasteiger partial charge in [0.1, 0.15) is 24.1 Å². The molecule has 1 atom stereocenters. The Labute approximate surface area is 270 Å². The summed E-state index contributed by atoms with van der Waals surface area (Å²) in [6.07, 6.45) is 0. The summed E-state index contributed by atoms with van der Waals surface area (Å²) in [6.45, 7) is 8.52. The number of nitrogens with zero attached hydrogens (tertiary/aromatic N) is 2. The third kappa shape index (κ3) is 9.09. The molecule has 0 aliphatic rings. The quantitative estimate of drug-likeness (QED) is 0.190. The Morgan fingerprint density at radius 2 is 1.49 bits per heavy atom. The van der Waals surface area contributed by atoms with Gasteiger partial charge in [0.15, 0.2) is 0 Å². The van der Waals surface area contributed by atoms with Crippen LogP contribution in [0.15, 0.2) is 108 Å². The summed E-state index contributed by atoms with van der Waals surface area (Å²) in [5.74, 6) is 0.197. The summed E-state index contributed by atoms with van der Waals surface area (Å²) in [5.41, 5.74) is 1.31. The van der Waals surface area contributed by atoms with Crippen LogP contribution in [-0.4, -0.2) is 43.3 Å². The van der Waals surface area contributed by atoms with Crippen LogP contribution in [0.3, 0.4) is 0 Å². The van der Waals surface area contributed by atoms with Crippen molar-refractivity contribution in [2.24, 2.45) is 0 Å². The fourth-order valence-corrected chi connectivity index (χ4v) is 6.19. The van der Waals surface area contributed by atoms with Crippen molar-refractivity contribution in [3.63, 3.8) is 0 Å². The zero-order valence-corrected chi connectivity index (χ0v) is 27.6. The van der Waals surface area contributed by atoms with E-state index in [4.69, 9.17) is 16.3 Å². The van der Waals surface area contributed by atoms with Gasteiger partial charge in [-0.2, -0.15) is 0 Å². The largest absolute Gasteiger partial charge is 0.457 e. The third-order valence-corrected chi connectivity index (χ3v) is 8.92. The summed E-state index contributed by atoms with van der Waals surface area (Å²) >= 11 is 6.22. The van der Waals surface area contributed by atoms with E-state index >= 15 is 0 Å². The van der Waals surface area contributed by atoms with Crippen LogP contribution in [0.4, 0.5) is 5.69 Å². The minimum Gasteiger partial charge on any atom is -0.457 e. The number of amides is 2. The number of rotatable bonds is 11. The Morgan fingerprint density at radius 3 is 2.09 bits per heavy atom. The fourth-order valence-electron chi connectivity index (χ4n) is 4.56. The van der Waals surface area contributed by atoms with Crippen LogP contribution >= 0.6 is 11.6 Å². The summed E-state index contributed by atoms with van der Waals surface area (Å²) < 4.78 is 35.2. The number of anilines is 1. The highest BCUT2D eigenvalue weighted by atomic mass is 35.5. The third-order valence-electron chi connectivity index (χ3n) is 6.90. The SMILES string of the molecule is Cc1ccc(S(=O)(=O)N(CC(=O)N(Cc2cccc(Cl)c2)[C@@H](C)C(=O)NC(C)(C)C)c2ccc(Oc3ccccc3)cc2)cc1. The van der Waals surface area contributed by atoms with Crippen LogP contribution in [0.5, 0.6) is 11.5 Å². The number of sulfonamides is 1. The van der Waals surface area contributed by atoms with E-state index in [-0.39, 0.29) is 23.0 Å². The van der Waals surface area contributed by atoms with Crippen molar-refractivity contribution in [1.29, 1.82) is 0 Å². The number of hydrogen-bond donors (Lipinski definition) is 1. The molecule has 0 radical (unpaired) electrons. The van der Waals surface area contributed by atoms with Crippen molar-refractivity contribution < 1.29 is 22.7 Å². The number of halogens is 1. The molecule has 0 aliphatic heterocycles. The van der Waals surface area contributed by atoms with Gasteiger partial charge in [-0.15, -0.1) is 0 Å². The maximum atomic E-state index is 14.2. The van der Waals surface area contributed by atoms with Crippen LogP contribution in [0, 0.1) is 6.92 Å². The zero-order valence-electron chi connectivity index (χ0n) is 26.0. The van der Waals surface area contributed by atoms with E-state index in [1.807, 2.05) is 58.0 Å². The smallest absolute Gasteiger partial charge is 0.264 e. The maximum absolute atomic E-state index is 14.2. The minimum atomic E-state index is -4.20. The Morgan fingerprint density at radius 1 is 0.867 bits per heavy atom. The lowest BCUT2D eigenvalue weighted by Crippen LogP contribution is -2.54. The number of ether oxygens (including phenoxy) is 1. The molecule has 45 heavy (non-hydrogen) atoms. The Bertz CT molecular complexity index is 1720. The van der Waals surface area contributed by atoms with Crippen molar-refractivity contribution in [2.45, 2.75) is 57.6 Å². The number of aryl methyl sites for hydroxylation is 1. The van der Waals surface area contributed by atoms with Gasteiger partial charge in [0.05, 0.1) is 10.6 Å². The molecule has 0 saturated heterocycles. The Kier molecular flexibility index (Phi) is 10.6. The highest BCUT2D eigenvalue weighted by molar-refractivity contribution is 7.92. The van der Waals surface area contributed by atoms with Gasteiger partial charge < -0.3 is 15.0 Å². The molecule has 1 N–H and O–H groups in total. The summed E-state index contributed by atoms with van der Waals surface area (Å²) in [7, 11) is -4.20. The van der Waals surface area contributed by atoms with E-state index in [2.05, 4.69) is 5.32 Å². The first-order valence-electron chi connectivity index (χ1n) is 14.5. The molecule has 4 aromatic carbocycles. The zero-order chi connectivity index (χ0) is 32.8. The monoisotopic (exact) mass is 647 g/mol. The van der Waals surface area contributed by atoms with Gasteiger partial charge in [0.2, 0.25) is 11.8 Å². The van der Waals surface area contributed by atoms with E-state index < -0.39 is 34.1 Å². The van der Waals surface area contributed by atoms with Crippen molar-refractivity contribution in [1.82, 2.24) is 10.2 Å². The Hall–Kier alpha value is -4.34. The molecular weight excluding hydrogens is 610 g/mol. The number of para-hydroxylation sites is 1. The first kappa shape index (κ1) is 33.6. The lowest BCUT2D eigenvalue weighted by molar-refractivity contribution is -0.140. The second kappa shape index (κ2) is 14.2. The van der Waals surface area contributed by atoms with Crippen LogP contribution in [-0.2, 0) is 26.2 Å². The normalized spacial score (nSPS) is 12.2. The van der Waals surface area contributed by atoms with Crippen molar-refractivity contribution in [3.8, 4) is 11.5 Å². The van der Waals surface area contributed by atoms with Crippen molar-refractivity contribution >= 4 is 39.1 Å². The minimum absolute atomic E-state index is 0.0328. The lowest BCUT2D eigenvalue weighted by Gasteiger charge is -2.33. The molecule has 0 spiro atoms. The van der Waals surface area contributed by atoms with Gasteiger partial charge in [0.25, 0.3) is 10.0 Å². The molecule has 2 amide bonds. The van der Waals surface area contributed by atoms with Crippen LogP contribution in [0.1, 0.15) is 38.8 Å². The number of benzene rings is 4. The van der Waals surface area contributed by atoms with Gasteiger partial charge in [-0.05, 0) is 101 Å². The first-order chi connectivity index (χ1) is 21.2. The van der Waals surface area contributed by atoms with Gasteiger partial charge in [-0.25, -0.2) is 8.42 Å². The topological polar surface area (TPSA) is 96.0 Å². The highest BCUT2D eigenvalue weighted by Crippen LogP contribution is 2.29. The predicted octanol–water partition coefficient (Wildman–Crippen LogP) is 6.97. The molecule has 0 aromatic heterocycles. The molecule has 0 unspecified atom stereocenters. The molecule has 0 bridgehead atoms. The molecule has 4 aromatic rings. The van der Waals surface area contributed by atoms with Crippen molar-refractivity contribution in [2.75, 3.05) is 10.8 Å². The lowest BCUT2D eigenvalue weighted by atomic mass is 10.1. The number of carbonyl (C=O) groups excluding carboxylic acids is 2. The van der Waals surface area contributed by atoms with Gasteiger partial charge in [-0.3, -0.25) is 13.9 Å². The molecule has 10 heteroatoms. The summed E-state index contributed by atoms with van der Waals surface area (Å²) in [6, 6.07) is 28.2. The van der Waals surface area contributed by atoms with E-state index in [1.165, 1.54) is 17.0 Å². The molecule has 4 rings (SSSR count). The summed E-state index contributed by atoms with van der Waals surface area (Å²) in [5, 5.41) is 3.40. The van der Waals surface area contributed by atoms with E-state index in [0.29, 0.717) is 22.1 Å². The average Bonchev–Trinajstić information content (AvgIpc) is 2.98. The molecule has 0 fully saturated rings. The van der Waals surface area contributed by atoms with Crippen LogP contribution in [0.2, 0.25) is 5.02 Å². The van der Waals surface area contributed by atoms with E-state index in [9.17, 15) is 18.0 Å². The highest BCUT2D eigenvalue weighted by Gasteiger charge is 2.33. The number of nitrogens with one attached hydrogen (secondary N) is 1. The molecular formula is C35H38ClN3O5S. The molecule has 0 heterocycles. The fraction of sp³-hybridized carbons (Fsp3) is 0.257. The van der Waals surface area contributed by atoms with Gasteiger partial charge >= 0.3 is 0 Å². The number of hydrogen-bond acceptors (Lipinski definition) is 5. The van der Waals surface area contributed by atoms with Gasteiger partial charge in [-0.1, -0.05) is 59.6 Å². The Balaban J connectivity index is 1.71. The van der Waals surface area contributed by atoms with Crippen LogP contribution in [0.25, 0.3) is 0 Å².